The maximum absolute atomic E-state index is 10.4. The highest BCUT2D eigenvalue weighted by molar-refractivity contribution is 7.15. The quantitative estimate of drug-likeness (QED) is 0.716. The molecule has 1 unspecified atom stereocenters. The van der Waals surface area contributed by atoms with Crippen molar-refractivity contribution in [3.63, 3.8) is 0 Å². The van der Waals surface area contributed by atoms with E-state index in [0.29, 0.717) is 0 Å². The van der Waals surface area contributed by atoms with Crippen LogP contribution in [0.4, 0.5) is 0 Å². The number of hydrogen-bond acceptors (Lipinski definition) is 4. The molecule has 2 heterocycles. The Labute approximate surface area is 127 Å². The molecule has 0 radical (unpaired) electrons. The molecule has 2 aromatic heterocycles. The molecule has 1 atom stereocenters. The van der Waals surface area contributed by atoms with Gasteiger partial charge in [-0.05, 0) is 24.3 Å². The number of rotatable bonds is 1. The monoisotopic (exact) mass is 299 g/mol. The zero-order valence-electron chi connectivity index (χ0n) is 12.1. The van der Waals surface area contributed by atoms with E-state index in [4.69, 9.17) is 9.40 Å². The third-order valence-corrected chi connectivity index (χ3v) is 5.37. The number of aromatic nitrogens is 1. The van der Waals surface area contributed by atoms with Gasteiger partial charge in [-0.3, -0.25) is 0 Å². The average molecular weight is 299 g/mol. The second kappa shape index (κ2) is 4.42. The van der Waals surface area contributed by atoms with Gasteiger partial charge < -0.3 is 9.52 Å². The van der Waals surface area contributed by atoms with Crippen LogP contribution >= 0.6 is 11.3 Å². The molecule has 3 aromatic rings. The van der Waals surface area contributed by atoms with Gasteiger partial charge in [0, 0.05) is 5.39 Å². The normalized spacial score (nSPS) is 20.6. The van der Waals surface area contributed by atoms with E-state index in [0.717, 1.165) is 45.0 Å². The van der Waals surface area contributed by atoms with Crippen LogP contribution in [0.2, 0.25) is 0 Å². The maximum atomic E-state index is 10.4. The van der Waals surface area contributed by atoms with Crippen molar-refractivity contribution in [3.8, 4) is 10.6 Å². The van der Waals surface area contributed by atoms with Gasteiger partial charge in [0.25, 0.3) is 0 Å². The van der Waals surface area contributed by atoms with Crippen LogP contribution in [0.1, 0.15) is 36.9 Å². The number of para-hydroxylation sites is 1. The van der Waals surface area contributed by atoms with Crippen molar-refractivity contribution in [2.75, 3.05) is 0 Å². The van der Waals surface area contributed by atoms with E-state index in [9.17, 15) is 5.11 Å². The smallest absolute Gasteiger partial charge is 0.134 e. The molecule has 0 spiro atoms. The molecule has 108 valence electrons. The van der Waals surface area contributed by atoms with Gasteiger partial charge in [-0.2, -0.15) is 0 Å². The van der Waals surface area contributed by atoms with Crippen LogP contribution in [0.25, 0.3) is 21.5 Å². The minimum absolute atomic E-state index is 0.107. The van der Waals surface area contributed by atoms with Crippen molar-refractivity contribution in [1.82, 2.24) is 4.98 Å². The number of aliphatic hydroxyl groups excluding tert-OH is 1. The van der Waals surface area contributed by atoms with Crippen LogP contribution in [0.5, 0.6) is 0 Å². The van der Waals surface area contributed by atoms with Gasteiger partial charge in [-0.15, -0.1) is 11.3 Å². The third-order valence-electron chi connectivity index (χ3n) is 4.13. The highest BCUT2D eigenvalue weighted by Gasteiger charge is 2.34. The fraction of sp³-hybridized carbons (Fsp3) is 0.353. The predicted molar refractivity (Wildman–Crippen MR) is 84.4 cm³/mol. The highest BCUT2D eigenvalue weighted by atomic mass is 32.1. The summed E-state index contributed by atoms with van der Waals surface area (Å²) < 4.78 is 5.61. The van der Waals surface area contributed by atoms with Gasteiger partial charge >= 0.3 is 0 Å². The minimum atomic E-state index is -0.395. The molecule has 3 nitrogen and oxygen atoms in total. The van der Waals surface area contributed by atoms with Crippen LogP contribution in [0, 0.1) is 5.41 Å². The number of fused-ring (bicyclic) bond motifs is 2. The average Bonchev–Trinajstić information content (AvgIpc) is 3.00. The van der Waals surface area contributed by atoms with Gasteiger partial charge in [-0.1, -0.05) is 32.0 Å². The first-order chi connectivity index (χ1) is 10.0. The second-order valence-electron chi connectivity index (χ2n) is 6.54. The lowest BCUT2D eigenvalue weighted by atomic mass is 9.77. The van der Waals surface area contributed by atoms with Gasteiger partial charge in [-0.25, -0.2) is 4.98 Å². The summed E-state index contributed by atoms with van der Waals surface area (Å²) >= 11 is 1.60. The molecular formula is C17H17NO2S. The Morgan fingerprint density at radius 2 is 2.14 bits per heavy atom. The molecule has 1 aliphatic rings. The van der Waals surface area contributed by atoms with Crippen LogP contribution in [-0.4, -0.2) is 10.1 Å². The summed E-state index contributed by atoms with van der Waals surface area (Å²) in [4.78, 5) is 5.81. The van der Waals surface area contributed by atoms with E-state index >= 15 is 0 Å². The fourth-order valence-electron chi connectivity index (χ4n) is 3.15. The van der Waals surface area contributed by atoms with E-state index in [1.807, 2.05) is 18.2 Å². The van der Waals surface area contributed by atoms with Gasteiger partial charge in [0.15, 0.2) is 0 Å². The summed E-state index contributed by atoms with van der Waals surface area (Å²) in [7, 11) is 0. The standard InChI is InChI=1S/C17H17NO2S/c1-17(2)7-12-15(13(19)8-17)21-16(18-12)11-9-20-14-6-4-3-5-10(11)14/h3-6,9,13,19H,7-8H2,1-2H3. The molecule has 1 aliphatic carbocycles. The largest absolute Gasteiger partial charge is 0.464 e. The van der Waals surface area contributed by atoms with Crippen molar-refractivity contribution in [1.29, 1.82) is 0 Å². The molecule has 0 bridgehead atoms. The Kier molecular flexibility index (Phi) is 2.75. The minimum Gasteiger partial charge on any atom is -0.464 e. The SMILES string of the molecule is CC1(C)Cc2nc(-c3coc4ccccc34)sc2C(O)C1. The van der Waals surface area contributed by atoms with Crippen LogP contribution in [0.3, 0.4) is 0 Å². The zero-order chi connectivity index (χ0) is 14.6. The molecule has 1 N–H and O–H groups in total. The van der Waals surface area contributed by atoms with Crippen molar-refractivity contribution < 1.29 is 9.52 Å². The lowest BCUT2D eigenvalue weighted by molar-refractivity contribution is 0.102. The molecule has 0 fully saturated rings. The van der Waals surface area contributed by atoms with Gasteiger partial charge in [0.2, 0.25) is 0 Å². The van der Waals surface area contributed by atoms with Crippen molar-refractivity contribution in [2.45, 2.75) is 32.8 Å². The lowest BCUT2D eigenvalue weighted by Crippen LogP contribution is -2.24. The number of benzene rings is 1. The van der Waals surface area contributed by atoms with Crippen LogP contribution in [-0.2, 0) is 6.42 Å². The lowest BCUT2D eigenvalue weighted by Gasteiger charge is -2.31. The molecule has 0 saturated carbocycles. The Morgan fingerprint density at radius 3 is 3.00 bits per heavy atom. The van der Waals surface area contributed by atoms with Crippen molar-refractivity contribution >= 4 is 22.3 Å². The first kappa shape index (κ1) is 13.0. The van der Waals surface area contributed by atoms with E-state index in [-0.39, 0.29) is 5.41 Å². The van der Waals surface area contributed by atoms with Crippen LogP contribution < -0.4 is 0 Å². The fourth-order valence-corrected chi connectivity index (χ4v) is 4.24. The number of aliphatic hydroxyl groups is 1. The van der Waals surface area contributed by atoms with E-state index in [2.05, 4.69) is 19.9 Å². The summed E-state index contributed by atoms with van der Waals surface area (Å²) in [5.41, 5.74) is 3.05. The summed E-state index contributed by atoms with van der Waals surface area (Å²) in [5, 5.41) is 12.4. The van der Waals surface area contributed by atoms with E-state index in [1.54, 1.807) is 17.6 Å². The summed E-state index contributed by atoms with van der Waals surface area (Å²) in [5.74, 6) is 0. The number of nitrogens with zero attached hydrogens (tertiary/aromatic N) is 1. The van der Waals surface area contributed by atoms with E-state index in [1.165, 1.54) is 0 Å². The molecule has 1 aromatic carbocycles. The molecule has 0 aliphatic heterocycles. The highest BCUT2D eigenvalue weighted by Crippen LogP contribution is 2.45. The molecule has 0 saturated heterocycles. The number of hydrogen-bond donors (Lipinski definition) is 1. The topological polar surface area (TPSA) is 46.3 Å². The third kappa shape index (κ3) is 2.10. The van der Waals surface area contributed by atoms with Crippen molar-refractivity contribution in [3.05, 3.63) is 41.1 Å². The molecule has 21 heavy (non-hydrogen) atoms. The number of furan rings is 1. The summed E-state index contributed by atoms with van der Waals surface area (Å²) in [6, 6.07) is 7.99. The first-order valence-corrected chi connectivity index (χ1v) is 7.99. The summed E-state index contributed by atoms with van der Waals surface area (Å²) in [6.45, 7) is 4.37. The zero-order valence-corrected chi connectivity index (χ0v) is 12.9. The van der Waals surface area contributed by atoms with Crippen LogP contribution in [0.15, 0.2) is 34.9 Å². The summed E-state index contributed by atoms with van der Waals surface area (Å²) in [6.07, 6.45) is 3.10. The first-order valence-electron chi connectivity index (χ1n) is 7.18. The van der Waals surface area contributed by atoms with E-state index < -0.39 is 6.10 Å². The molecule has 4 rings (SSSR count). The van der Waals surface area contributed by atoms with Gasteiger partial charge in [0.1, 0.15) is 16.9 Å². The molecule has 0 amide bonds. The Bertz CT molecular complexity index is 815. The Balaban J connectivity index is 1.85. The maximum Gasteiger partial charge on any atom is 0.134 e. The molecule has 4 heteroatoms. The Hall–Kier alpha value is -1.65. The van der Waals surface area contributed by atoms with Crippen molar-refractivity contribution in [2.24, 2.45) is 5.41 Å². The molecular weight excluding hydrogens is 282 g/mol. The van der Waals surface area contributed by atoms with Gasteiger partial charge in [0.05, 0.1) is 22.2 Å². The predicted octanol–water partition coefficient (Wildman–Crippen LogP) is 4.56. The second-order valence-corrected chi connectivity index (χ2v) is 7.57. The Morgan fingerprint density at radius 1 is 1.33 bits per heavy atom. The number of thiazole rings is 1.